The summed E-state index contributed by atoms with van der Waals surface area (Å²) in [6.45, 7) is 4.18. The van der Waals surface area contributed by atoms with Gasteiger partial charge in [-0.25, -0.2) is 0 Å². The maximum atomic E-state index is 5.54. The molecule has 2 heterocycles. The van der Waals surface area contributed by atoms with Crippen LogP contribution in [0.4, 0.5) is 5.13 Å². The smallest absolute Gasteiger partial charge is 0.205 e. The minimum Gasteiger partial charge on any atom is -0.360 e. The van der Waals surface area contributed by atoms with Crippen molar-refractivity contribution in [2.75, 3.05) is 25.1 Å². The summed E-state index contributed by atoms with van der Waals surface area (Å²) in [5.41, 5.74) is 0. The quantitative estimate of drug-likeness (QED) is 0.872. The first-order valence-corrected chi connectivity index (χ1v) is 6.92. The van der Waals surface area contributed by atoms with Gasteiger partial charge in [0.25, 0.3) is 0 Å². The number of rotatable bonds is 5. The minimum atomic E-state index is -0.420. The standard InChI is InChI=1S/C11H17N3O2S/c1-11(15-6-7-16-11)4-5-12-10-14-13-9(17-10)8-2-3-8/h8H,2-7H2,1H3,(H,12,14). The molecule has 1 saturated heterocycles. The van der Waals surface area contributed by atoms with Crippen molar-refractivity contribution in [2.45, 2.75) is 37.9 Å². The fourth-order valence-electron chi connectivity index (χ4n) is 1.90. The zero-order valence-corrected chi connectivity index (χ0v) is 10.8. The van der Waals surface area contributed by atoms with Crippen LogP contribution in [0.3, 0.4) is 0 Å². The van der Waals surface area contributed by atoms with Crippen LogP contribution < -0.4 is 5.32 Å². The van der Waals surface area contributed by atoms with Crippen molar-refractivity contribution >= 4 is 16.5 Å². The Labute approximate surface area is 105 Å². The lowest BCUT2D eigenvalue weighted by molar-refractivity contribution is -0.144. The van der Waals surface area contributed by atoms with E-state index in [9.17, 15) is 0 Å². The Morgan fingerprint density at radius 2 is 2.12 bits per heavy atom. The van der Waals surface area contributed by atoms with E-state index < -0.39 is 5.79 Å². The first-order chi connectivity index (χ1) is 8.25. The van der Waals surface area contributed by atoms with Crippen LogP contribution in [0.15, 0.2) is 0 Å². The van der Waals surface area contributed by atoms with Crippen LogP contribution in [0, 0.1) is 0 Å². The molecule has 1 aromatic rings. The van der Waals surface area contributed by atoms with E-state index in [0.29, 0.717) is 19.1 Å². The fourth-order valence-corrected chi connectivity index (χ4v) is 2.84. The Bertz CT molecular complexity index is 386. The molecule has 17 heavy (non-hydrogen) atoms. The van der Waals surface area contributed by atoms with E-state index in [1.165, 1.54) is 17.8 Å². The number of aromatic nitrogens is 2. The summed E-state index contributed by atoms with van der Waals surface area (Å²) < 4.78 is 11.1. The molecule has 1 N–H and O–H groups in total. The van der Waals surface area contributed by atoms with Gasteiger partial charge in [0.1, 0.15) is 5.01 Å². The van der Waals surface area contributed by atoms with Crippen LogP contribution in [0.2, 0.25) is 0 Å². The summed E-state index contributed by atoms with van der Waals surface area (Å²) in [5.74, 6) is 0.263. The number of nitrogens with one attached hydrogen (secondary N) is 1. The molecule has 0 radical (unpaired) electrons. The highest BCUT2D eigenvalue weighted by atomic mass is 32.1. The molecule has 94 valence electrons. The van der Waals surface area contributed by atoms with E-state index in [1.807, 2.05) is 6.92 Å². The highest BCUT2D eigenvalue weighted by Crippen LogP contribution is 2.42. The minimum absolute atomic E-state index is 0.420. The molecule has 0 spiro atoms. The average molecular weight is 255 g/mol. The number of anilines is 1. The molecule has 2 aliphatic rings. The van der Waals surface area contributed by atoms with Gasteiger partial charge < -0.3 is 14.8 Å². The Kier molecular flexibility index (Phi) is 3.02. The van der Waals surface area contributed by atoms with Gasteiger partial charge >= 0.3 is 0 Å². The zero-order chi connectivity index (χ0) is 11.7. The van der Waals surface area contributed by atoms with E-state index in [4.69, 9.17) is 9.47 Å². The Morgan fingerprint density at radius 1 is 1.35 bits per heavy atom. The highest BCUT2D eigenvalue weighted by Gasteiger charge is 2.30. The molecule has 1 aliphatic carbocycles. The molecule has 0 aromatic carbocycles. The average Bonchev–Trinajstić information content (AvgIpc) is 2.91. The lowest BCUT2D eigenvalue weighted by Crippen LogP contribution is -2.28. The second-order valence-electron chi connectivity index (χ2n) is 4.73. The third kappa shape index (κ3) is 2.75. The predicted molar refractivity (Wildman–Crippen MR) is 65.3 cm³/mol. The van der Waals surface area contributed by atoms with Crippen LogP contribution in [0.25, 0.3) is 0 Å². The van der Waals surface area contributed by atoms with Crippen molar-refractivity contribution in [1.29, 1.82) is 0 Å². The first kappa shape index (κ1) is 11.4. The second kappa shape index (κ2) is 4.51. The van der Waals surface area contributed by atoms with Crippen LogP contribution in [0.1, 0.15) is 37.1 Å². The van der Waals surface area contributed by atoms with Gasteiger partial charge in [0.2, 0.25) is 5.13 Å². The molecule has 0 bridgehead atoms. The summed E-state index contributed by atoms with van der Waals surface area (Å²) >= 11 is 1.67. The molecule has 0 atom stereocenters. The molecular formula is C11H17N3O2S. The van der Waals surface area contributed by atoms with E-state index in [2.05, 4.69) is 15.5 Å². The summed E-state index contributed by atoms with van der Waals surface area (Å²) in [6, 6.07) is 0. The van der Waals surface area contributed by atoms with Gasteiger partial charge in [0.05, 0.1) is 13.2 Å². The molecule has 0 unspecified atom stereocenters. The van der Waals surface area contributed by atoms with Crippen LogP contribution >= 0.6 is 11.3 Å². The first-order valence-electron chi connectivity index (χ1n) is 6.10. The van der Waals surface area contributed by atoms with E-state index in [1.54, 1.807) is 11.3 Å². The van der Waals surface area contributed by atoms with Gasteiger partial charge in [-0.15, -0.1) is 10.2 Å². The lowest BCUT2D eigenvalue weighted by Gasteiger charge is -2.21. The van der Waals surface area contributed by atoms with Gasteiger partial charge in [-0.05, 0) is 19.8 Å². The molecule has 2 fully saturated rings. The molecular weight excluding hydrogens is 238 g/mol. The zero-order valence-electron chi connectivity index (χ0n) is 9.94. The summed E-state index contributed by atoms with van der Waals surface area (Å²) in [6.07, 6.45) is 3.37. The van der Waals surface area contributed by atoms with Gasteiger partial charge in [-0.3, -0.25) is 0 Å². The normalized spacial score (nSPS) is 22.9. The monoisotopic (exact) mass is 255 g/mol. The van der Waals surface area contributed by atoms with Gasteiger partial charge in [0.15, 0.2) is 5.79 Å². The van der Waals surface area contributed by atoms with Crippen molar-refractivity contribution in [2.24, 2.45) is 0 Å². The van der Waals surface area contributed by atoms with Crippen LogP contribution in [-0.2, 0) is 9.47 Å². The van der Waals surface area contributed by atoms with Crippen molar-refractivity contribution in [3.63, 3.8) is 0 Å². The van der Waals surface area contributed by atoms with E-state index in [-0.39, 0.29) is 0 Å². The van der Waals surface area contributed by atoms with Crippen LogP contribution in [0.5, 0.6) is 0 Å². The lowest BCUT2D eigenvalue weighted by atomic mass is 10.2. The number of hydrogen-bond acceptors (Lipinski definition) is 6. The van der Waals surface area contributed by atoms with Gasteiger partial charge in [-0.1, -0.05) is 11.3 Å². The van der Waals surface area contributed by atoms with Crippen molar-refractivity contribution in [1.82, 2.24) is 10.2 Å². The van der Waals surface area contributed by atoms with Crippen LogP contribution in [-0.4, -0.2) is 35.7 Å². The maximum Gasteiger partial charge on any atom is 0.205 e. The fraction of sp³-hybridized carbons (Fsp3) is 0.818. The van der Waals surface area contributed by atoms with E-state index in [0.717, 1.165) is 18.1 Å². The number of ether oxygens (including phenoxy) is 2. The second-order valence-corrected chi connectivity index (χ2v) is 5.74. The Morgan fingerprint density at radius 3 is 2.82 bits per heavy atom. The van der Waals surface area contributed by atoms with Crippen molar-refractivity contribution in [3.05, 3.63) is 5.01 Å². The largest absolute Gasteiger partial charge is 0.360 e. The van der Waals surface area contributed by atoms with Gasteiger partial charge in [-0.2, -0.15) is 0 Å². The van der Waals surface area contributed by atoms with Gasteiger partial charge in [0, 0.05) is 18.9 Å². The van der Waals surface area contributed by atoms with Crippen molar-refractivity contribution in [3.8, 4) is 0 Å². The topological polar surface area (TPSA) is 56.3 Å². The molecule has 3 rings (SSSR count). The Balaban J connectivity index is 1.46. The summed E-state index contributed by atoms with van der Waals surface area (Å²) in [4.78, 5) is 0. The third-order valence-electron chi connectivity index (χ3n) is 3.12. The molecule has 1 aliphatic heterocycles. The third-order valence-corrected chi connectivity index (χ3v) is 4.16. The SMILES string of the molecule is CC1(CCNc2nnc(C3CC3)s2)OCCO1. The number of hydrogen-bond donors (Lipinski definition) is 1. The molecule has 1 aromatic heterocycles. The maximum absolute atomic E-state index is 5.54. The van der Waals surface area contributed by atoms with Crippen molar-refractivity contribution < 1.29 is 9.47 Å². The Hall–Kier alpha value is -0.720. The van der Waals surface area contributed by atoms with E-state index >= 15 is 0 Å². The molecule has 5 nitrogen and oxygen atoms in total. The number of nitrogens with zero attached hydrogens (tertiary/aromatic N) is 2. The predicted octanol–water partition coefficient (Wildman–Crippen LogP) is 1.98. The summed E-state index contributed by atoms with van der Waals surface area (Å²) in [7, 11) is 0. The molecule has 1 saturated carbocycles. The highest BCUT2D eigenvalue weighted by molar-refractivity contribution is 7.15. The molecule has 6 heteroatoms. The summed E-state index contributed by atoms with van der Waals surface area (Å²) in [5, 5.41) is 13.7. The molecule has 0 amide bonds.